The van der Waals surface area contributed by atoms with Gasteiger partial charge in [0.25, 0.3) is 0 Å². The van der Waals surface area contributed by atoms with Gasteiger partial charge < -0.3 is 9.84 Å². The van der Waals surface area contributed by atoms with Gasteiger partial charge in [0.1, 0.15) is 5.78 Å². The van der Waals surface area contributed by atoms with E-state index in [4.69, 9.17) is 4.74 Å². The van der Waals surface area contributed by atoms with Crippen LogP contribution in [-0.4, -0.2) is 54.2 Å². The van der Waals surface area contributed by atoms with E-state index in [2.05, 4.69) is 11.8 Å². The van der Waals surface area contributed by atoms with Gasteiger partial charge in [0.05, 0.1) is 19.3 Å². The molecule has 3 unspecified atom stereocenters. The van der Waals surface area contributed by atoms with Crippen molar-refractivity contribution in [3.8, 4) is 0 Å². The molecule has 0 spiro atoms. The van der Waals surface area contributed by atoms with Gasteiger partial charge in [0, 0.05) is 31.5 Å². The van der Waals surface area contributed by atoms with E-state index in [0.717, 1.165) is 32.4 Å². The van der Waals surface area contributed by atoms with E-state index in [1.807, 2.05) is 0 Å². The van der Waals surface area contributed by atoms with Crippen molar-refractivity contribution in [1.82, 2.24) is 4.90 Å². The summed E-state index contributed by atoms with van der Waals surface area (Å²) < 4.78 is 5.53. The Kier molecular flexibility index (Phi) is 5.15. The molecule has 3 atom stereocenters. The first kappa shape index (κ1) is 14.0. The minimum Gasteiger partial charge on any atom is -0.394 e. The standard InChI is InChI=1S/C14H25NO3/c1-11-10-18-13(9-16)8-15(11)7-12-5-3-2-4-6-14(12)17/h11-13,16H,2-10H2,1H3. The molecule has 2 aliphatic rings. The zero-order chi connectivity index (χ0) is 13.0. The maximum Gasteiger partial charge on any atom is 0.137 e. The van der Waals surface area contributed by atoms with Crippen LogP contribution in [-0.2, 0) is 9.53 Å². The largest absolute Gasteiger partial charge is 0.394 e. The van der Waals surface area contributed by atoms with Gasteiger partial charge in [-0.3, -0.25) is 9.69 Å². The topological polar surface area (TPSA) is 49.8 Å². The highest BCUT2D eigenvalue weighted by atomic mass is 16.5. The molecule has 2 rings (SSSR count). The van der Waals surface area contributed by atoms with Gasteiger partial charge >= 0.3 is 0 Å². The van der Waals surface area contributed by atoms with Crippen LogP contribution in [0.15, 0.2) is 0 Å². The molecule has 0 bridgehead atoms. The summed E-state index contributed by atoms with van der Waals surface area (Å²) in [6.07, 6.45) is 5.15. The van der Waals surface area contributed by atoms with Crippen molar-refractivity contribution in [1.29, 1.82) is 0 Å². The van der Waals surface area contributed by atoms with E-state index < -0.39 is 0 Å². The molecule has 1 saturated carbocycles. The molecule has 18 heavy (non-hydrogen) atoms. The fraction of sp³-hybridized carbons (Fsp3) is 0.929. The lowest BCUT2D eigenvalue weighted by Gasteiger charge is -2.38. The molecule has 1 aliphatic carbocycles. The molecular formula is C14H25NO3. The van der Waals surface area contributed by atoms with Gasteiger partial charge in [-0.05, 0) is 19.8 Å². The Bertz CT molecular complexity index is 282. The number of hydrogen-bond acceptors (Lipinski definition) is 4. The average molecular weight is 255 g/mol. The van der Waals surface area contributed by atoms with E-state index in [9.17, 15) is 9.90 Å². The zero-order valence-electron chi connectivity index (χ0n) is 11.3. The predicted molar refractivity (Wildman–Crippen MR) is 69.4 cm³/mol. The van der Waals surface area contributed by atoms with Crippen LogP contribution in [0.25, 0.3) is 0 Å². The van der Waals surface area contributed by atoms with E-state index >= 15 is 0 Å². The lowest BCUT2D eigenvalue weighted by Crippen LogP contribution is -2.51. The highest BCUT2D eigenvalue weighted by molar-refractivity contribution is 5.81. The van der Waals surface area contributed by atoms with E-state index in [1.54, 1.807) is 0 Å². The summed E-state index contributed by atoms with van der Waals surface area (Å²) in [7, 11) is 0. The summed E-state index contributed by atoms with van der Waals surface area (Å²) in [4.78, 5) is 14.4. The van der Waals surface area contributed by atoms with Crippen LogP contribution in [0.4, 0.5) is 0 Å². The van der Waals surface area contributed by atoms with Crippen molar-refractivity contribution >= 4 is 5.78 Å². The SMILES string of the molecule is CC1COC(CO)CN1CC1CCCCCC1=O. The van der Waals surface area contributed by atoms with Crippen LogP contribution in [0.3, 0.4) is 0 Å². The predicted octanol–water partition coefficient (Wildman–Crippen LogP) is 1.22. The average Bonchev–Trinajstić information content (AvgIpc) is 2.58. The summed E-state index contributed by atoms with van der Waals surface area (Å²) >= 11 is 0. The minimum absolute atomic E-state index is 0.0713. The third-order valence-electron chi connectivity index (χ3n) is 4.22. The number of carbonyl (C=O) groups is 1. The number of nitrogens with zero attached hydrogens (tertiary/aromatic N) is 1. The number of ether oxygens (including phenoxy) is 1. The van der Waals surface area contributed by atoms with Crippen molar-refractivity contribution < 1.29 is 14.6 Å². The Hall–Kier alpha value is -0.450. The van der Waals surface area contributed by atoms with Crippen LogP contribution in [0.1, 0.15) is 39.0 Å². The first-order valence-corrected chi connectivity index (χ1v) is 7.20. The molecule has 104 valence electrons. The fourth-order valence-electron chi connectivity index (χ4n) is 2.95. The molecule has 1 N–H and O–H groups in total. The summed E-state index contributed by atoms with van der Waals surface area (Å²) in [6.45, 7) is 4.46. The van der Waals surface area contributed by atoms with Gasteiger partial charge in [-0.25, -0.2) is 0 Å². The summed E-state index contributed by atoms with van der Waals surface area (Å²) in [5.41, 5.74) is 0. The summed E-state index contributed by atoms with van der Waals surface area (Å²) in [5.74, 6) is 0.638. The zero-order valence-corrected chi connectivity index (χ0v) is 11.3. The maximum absolute atomic E-state index is 12.0. The highest BCUT2D eigenvalue weighted by Crippen LogP contribution is 2.23. The lowest BCUT2D eigenvalue weighted by molar-refractivity contribution is -0.125. The van der Waals surface area contributed by atoms with E-state index in [0.29, 0.717) is 18.4 Å². The summed E-state index contributed by atoms with van der Waals surface area (Å²) in [5, 5.41) is 9.18. The van der Waals surface area contributed by atoms with Crippen molar-refractivity contribution in [2.75, 3.05) is 26.3 Å². The Morgan fingerprint density at radius 2 is 2.22 bits per heavy atom. The number of carbonyl (C=O) groups excluding carboxylic acids is 1. The monoisotopic (exact) mass is 255 g/mol. The Labute approximate surface area is 109 Å². The van der Waals surface area contributed by atoms with Crippen LogP contribution < -0.4 is 0 Å². The lowest BCUT2D eigenvalue weighted by atomic mass is 9.97. The molecule has 0 radical (unpaired) electrons. The van der Waals surface area contributed by atoms with Crippen molar-refractivity contribution in [3.63, 3.8) is 0 Å². The van der Waals surface area contributed by atoms with Crippen molar-refractivity contribution in [2.24, 2.45) is 5.92 Å². The second-order valence-corrected chi connectivity index (χ2v) is 5.70. The van der Waals surface area contributed by atoms with Crippen molar-refractivity contribution in [2.45, 2.75) is 51.2 Å². The second kappa shape index (κ2) is 6.64. The minimum atomic E-state index is -0.0814. The Morgan fingerprint density at radius 3 is 3.00 bits per heavy atom. The Morgan fingerprint density at radius 1 is 1.39 bits per heavy atom. The number of aliphatic hydroxyl groups is 1. The molecule has 4 heteroatoms. The smallest absolute Gasteiger partial charge is 0.137 e. The van der Waals surface area contributed by atoms with Gasteiger partial charge in [-0.15, -0.1) is 0 Å². The van der Waals surface area contributed by atoms with Crippen LogP contribution in [0, 0.1) is 5.92 Å². The maximum atomic E-state index is 12.0. The molecule has 1 saturated heterocycles. The summed E-state index contributed by atoms with van der Waals surface area (Å²) in [6, 6.07) is 0.351. The van der Waals surface area contributed by atoms with Gasteiger partial charge in [0.15, 0.2) is 0 Å². The number of aliphatic hydroxyl groups excluding tert-OH is 1. The highest BCUT2D eigenvalue weighted by Gasteiger charge is 2.30. The van der Waals surface area contributed by atoms with Crippen molar-refractivity contribution in [3.05, 3.63) is 0 Å². The van der Waals surface area contributed by atoms with E-state index in [-0.39, 0.29) is 18.6 Å². The van der Waals surface area contributed by atoms with Gasteiger partial charge in [-0.2, -0.15) is 0 Å². The normalized spacial score (nSPS) is 35.4. The molecule has 0 amide bonds. The van der Waals surface area contributed by atoms with Crippen LogP contribution in [0.5, 0.6) is 0 Å². The molecule has 1 heterocycles. The number of Topliss-reactive ketones (excluding diaryl/α,β-unsaturated/α-hetero) is 1. The van der Waals surface area contributed by atoms with Crippen LogP contribution >= 0.6 is 0 Å². The molecule has 2 fully saturated rings. The van der Waals surface area contributed by atoms with Gasteiger partial charge in [0.2, 0.25) is 0 Å². The number of ketones is 1. The number of rotatable bonds is 3. The Balaban J connectivity index is 1.91. The quantitative estimate of drug-likeness (QED) is 0.770. The molecule has 0 aromatic heterocycles. The molecule has 0 aromatic carbocycles. The van der Waals surface area contributed by atoms with Crippen LogP contribution in [0.2, 0.25) is 0 Å². The second-order valence-electron chi connectivity index (χ2n) is 5.70. The van der Waals surface area contributed by atoms with Gasteiger partial charge in [-0.1, -0.05) is 12.8 Å². The first-order valence-electron chi connectivity index (χ1n) is 7.20. The molecule has 0 aromatic rings. The number of hydrogen-bond donors (Lipinski definition) is 1. The third-order valence-corrected chi connectivity index (χ3v) is 4.22. The number of morpholine rings is 1. The van der Waals surface area contributed by atoms with E-state index in [1.165, 1.54) is 12.8 Å². The molecular weight excluding hydrogens is 230 g/mol. The first-order chi connectivity index (χ1) is 8.70. The third kappa shape index (κ3) is 3.53. The molecule has 4 nitrogen and oxygen atoms in total. The fourth-order valence-corrected chi connectivity index (χ4v) is 2.95. The molecule has 1 aliphatic heterocycles.